The lowest BCUT2D eigenvalue weighted by atomic mass is 10.1. The van der Waals surface area contributed by atoms with Gasteiger partial charge in [0.2, 0.25) is 5.91 Å². The normalized spacial score (nSPS) is 13.4. The molecule has 0 spiro atoms. The van der Waals surface area contributed by atoms with E-state index in [0.29, 0.717) is 47.8 Å². The van der Waals surface area contributed by atoms with Crippen LogP contribution in [-0.4, -0.2) is 67.4 Å². The maximum atomic E-state index is 13.0. The molecule has 1 aliphatic rings. The Labute approximate surface area is 248 Å². The second kappa shape index (κ2) is 15.0. The molecule has 9 heteroatoms. The predicted molar refractivity (Wildman–Crippen MR) is 166 cm³/mol. The lowest BCUT2D eigenvalue weighted by molar-refractivity contribution is -0.132. The average Bonchev–Trinajstić information content (AvgIpc) is 2.99. The van der Waals surface area contributed by atoms with Crippen LogP contribution in [0.1, 0.15) is 57.5 Å². The highest BCUT2D eigenvalue weighted by molar-refractivity contribution is 6.05. The van der Waals surface area contributed by atoms with E-state index in [4.69, 9.17) is 10.5 Å². The van der Waals surface area contributed by atoms with Crippen molar-refractivity contribution in [3.05, 3.63) is 89.0 Å². The number of piperazine rings is 1. The van der Waals surface area contributed by atoms with Crippen LogP contribution in [0.15, 0.2) is 66.7 Å². The SMILES string of the molecule is Cc1ccc(NC(=O)c2ccc(CNC(=O)c3ccccc3N)cc2)c(OCCCCCC(=O)N2CCN(C)CC2)c1. The maximum Gasteiger partial charge on any atom is 0.255 e. The monoisotopic (exact) mass is 571 g/mol. The predicted octanol–water partition coefficient (Wildman–Crippen LogP) is 4.47. The molecule has 0 atom stereocenters. The summed E-state index contributed by atoms with van der Waals surface area (Å²) in [4.78, 5) is 42.0. The van der Waals surface area contributed by atoms with E-state index in [9.17, 15) is 14.4 Å². The first-order valence-electron chi connectivity index (χ1n) is 14.5. The Morgan fingerprint density at radius 2 is 1.62 bits per heavy atom. The van der Waals surface area contributed by atoms with Crippen LogP contribution in [0.3, 0.4) is 0 Å². The molecule has 0 radical (unpaired) electrons. The highest BCUT2D eigenvalue weighted by atomic mass is 16.5. The Morgan fingerprint density at radius 1 is 0.881 bits per heavy atom. The van der Waals surface area contributed by atoms with Gasteiger partial charge in [-0.3, -0.25) is 14.4 Å². The molecule has 3 amide bonds. The van der Waals surface area contributed by atoms with Crippen LogP contribution in [-0.2, 0) is 11.3 Å². The third-order valence-corrected chi connectivity index (χ3v) is 7.41. The average molecular weight is 572 g/mol. The van der Waals surface area contributed by atoms with Crippen molar-refractivity contribution < 1.29 is 19.1 Å². The molecule has 4 rings (SSSR count). The van der Waals surface area contributed by atoms with Crippen LogP contribution in [0.4, 0.5) is 11.4 Å². The zero-order valence-corrected chi connectivity index (χ0v) is 24.5. The van der Waals surface area contributed by atoms with Gasteiger partial charge in [0.1, 0.15) is 5.75 Å². The fourth-order valence-corrected chi connectivity index (χ4v) is 4.75. The minimum atomic E-state index is -0.251. The number of carbonyl (C=O) groups is 3. The van der Waals surface area contributed by atoms with Gasteiger partial charge in [0.05, 0.1) is 17.9 Å². The molecular formula is C33H41N5O4. The second-order valence-corrected chi connectivity index (χ2v) is 10.8. The molecule has 0 aromatic heterocycles. The molecule has 4 N–H and O–H groups in total. The van der Waals surface area contributed by atoms with Gasteiger partial charge in [-0.05, 0) is 80.8 Å². The van der Waals surface area contributed by atoms with Crippen LogP contribution in [0.25, 0.3) is 0 Å². The van der Waals surface area contributed by atoms with Crippen molar-refractivity contribution in [2.24, 2.45) is 0 Å². The Morgan fingerprint density at radius 3 is 2.36 bits per heavy atom. The Hall–Kier alpha value is -4.37. The minimum Gasteiger partial charge on any atom is -0.491 e. The topological polar surface area (TPSA) is 117 Å². The molecule has 0 saturated carbocycles. The Kier molecular flexibility index (Phi) is 10.9. The molecule has 0 bridgehead atoms. The lowest BCUT2D eigenvalue weighted by Crippen LogP contribution is -2.47. The highest BCUT2D eigenvalue weighted by Gasteiger charge is 2.18. The quantitative estimate of drug-likeness (QED) is 0.218. The van der Waals surface area contributed by atoms with Crippen molar-refractivity contribution in [1.82, 2.24) is 15.1 Å². The van der Waals surface area contributed by atoms with Crippen molar-refractivity contribution in [3.63, 3.8) is 0 Å². The van der Waals surface area contributed by atoms with Gasteiger partial charge in [0.25, 0.3) is 11.8 Å². The number of hydrogen-bond donors (Lipinski definition) is 3. The fourth-order valence-electron chi connectivity index (χ4n) is 4.75. The van der Waals surface area contributed by atoms with Crippen LogP contribution in [0, 0.1) is 6.92 Å². The Balaban J connectivity index is 1.22. The maximum absolute atomic E-state index is 13.0. The first-order chi connectivity index (χ1) is 20.3. The van der Waals surface area contributed by atoms with E-state index < -0.39 is 0 Å². The zero-order chi connectivity index (χ0) is 29.9. The summed E-state index contributed by atoms with van der Waals surface area (Å²) in [6.07, 6.45) is 3.14. The van der Waals surface area contributed by atoms with E-state index in [1.807, 2.05) is 42.2 Å². The number of rotatable bonds is 12. The smallest absolute Gasteiger partial charge is 0.255 e. The number of nitrogens with two attached hydrogens (primary N) is 1. The number of amides is 3. The number of nitrogens with zero attached hydrogens (tertiary/aromatic N) is 2. The molecule has 1 saturated heterocycles. The number of nitrogen functional groups attached to an aromatic ring is 1. The van der Waals surface area contributed by atoms with E-state index in [0.717, 1.165) is 56.6 Å². The second-order valence-electron chi connectivity index (χ2n) is 10.8. The summed E-state index contributed by atoms with van der Waals surface area (Å²) < 4.78 is 6.04. The molecule has 9 nitrogen and oxygen atoms in total. The van der Waals surface area contributed by atoms with Crippen molar-refractivity contribution >= 4 is 29.1 Å². The van der Waals surface area contributed by atoms with Gasteiger partial charge < -0.3 is 30.9 Å². The summed E-state index contributed by atoms with van der Waals surface area (Å²) in [6, 6.07) is 19.7. The number of unbranched alkanes of at least 4 members (excludes halogenated alkanes) is 2. The van der Waals surface area contributed by atoms with Crippen LogP contribution in [0.5, 0.6) is 5.75 Å². The first kappa shape index (κ1) is 30.6. The summed E-state index contributed by atoms with van der Waals surface area (Å²) in [5.41, 5.74) is 9.73. The molecular weight excluding hydrogens is 530 g/mol. The number of ether oxygens (including phenoxy) is 1. The van der Waals surface area contributed by atoms with Crippen LogP contribution in [0.2, 0.25) is 0 Å². The standard InChI is InChI=1S/C33H41N5O4/c1-24-11-16-29(30(22-24)42-21-7-3-4-10-31(39)38-19-17-37(2)18-20-38)36-32(40)26-14-12-25(13-15-26)23-35-33(41)27-8-5-6-9-28(27)34/h5-6,8-9,11-16,22H,3-4,7,10,17-21,23,34H2,1-2H3,(H,35,41)(H,36,40). The highest BCUT2D eigenvalue weighted by Crippen LogP contribution is 2.27. The van der Waals surface area contributed by atoms with Gasteiger partial charge in [-0.15, -0.1) is 0 Å². The van der Waals surface area contributed by atoms with Gasteiger partial charge in [-0.1, -0.05) is 30.3 Å². The van der Waals surface area contributed by atoms with Gasteiger partial charge in [0.15, 0.2) is 0 Å². The van der Waals surface area contributed by atoms with E-state index in [1.54, 1.807) is 36.4 Å². The summed E-state index contributed by atoms with van der Waals surface area (Å²) in [5.74, 6) is 0.360. The van der Waals surface area contributed by atoms with E-state index >= 15 is 0 Å². The van der Waals surface area contributed by atoms with Gasteiger partial charge >= 0.3 is 0 Å². The van der Waals surface area contributed by atoms with Crippen molar-refractivity contribution in [2.75, 3.05) is 50.9 Å². The molecule has 0 unspecified atom stereocenters. The van der Waals surface area contributed by atoms with Gasteiger partial charge in [-0.25, -0.2) is 0 Å². The third kappa shape index (κ3) is 8.81. The largest absolute Gasteiger partial charge is 0.491 e. The number of nitrogens with one attached hydrogen (secondary N) is 2. The van der Waals surface area contributed by atoms with E-state index in [-0.39, 0.29) is 17.7 Å². The van der Waals surface area contributed by atoms with Gasteiger partial charge in [0, 0.05) is 50.4 Å². The Bertz CT molecular complexity index is 1370. The summed E-state index contributed by atoms with van der Waals surface area (Å²) in [6.45, 7) is 6.29. The molecule has 42 heavy (non-hydrogen) atoms. The number of aryl methyl sites for hydroxylation is 1. The molecule has 3 aromatic carbocycles. The number of anilines is 2. The molecule has 1 fully saturated rings. The molecule has 222 valence electrons. The molecule has 1 heterocycles. The summed E-state index contributed by atoms with van der Waals surface area (Å²) >= 11 is 0. The van der Waals surface area contributed by atoms with Crippen LogP contribution >= 0.6 is 0 Å². The van der Waals surface area contributed by atoms with Gasteiger partial charge in [-0.2, -0.15) is 0 Å². The fraction of sp³-hybridized carbons (Fsp3) is 0.364. The van der Waals surface area contributed by atoms with E-state index in [1.165, 1.54) is 0 Å². The number of benzene rings is 3. The van der Waals surface area contributed by atoms with Crippen molar-refractivity contribution in [1.29, 1.82) is 0 Å². The minimum absolute atomic E-state index is 0.239. The lowest BCUT2D eigenvalue weighted by Gasteiger charge is -2.32. The van der Waals surface area contributed by atoms with Crippen molar-refractivity contribution in [2.45, 2.75) is 39.2 Å². The zero-order valence-electron chi connectivity index (χ0n) is 24.5. The summed E-state index contributed by atoms with van der Waals surface area (Å²) in [7, 11) is 2.08. The first-order valence-corrected chi connectivity index (χ1v) is 14.5. The number of carbonyl (C=O) groups excluding carboxylic acids is 3. The molecule has 1 aliphatic heterocycles. The summed E-state index contributed by atoms with van der Waals surface area (Å²) in [5, 5.41) is 5.81. The van der Waals surface area contributed by atoms with E-state index in [2.05, 4.69) is 22.6 Å². The molecule has 3 aromatic rings. The number of likely N-dealkylation sites (N-methyl/N-ethyl adjacent to an activating group) is 1. The third-order valence-electron chi connectivity index (χ3n) is 7.41. The number of hydrogen-bond acceptors (Lipinski definition) is 6. The number of para-hydroxylation sites is 1. The van der Waals surface area contributed by atoms with Crippen molar-refractivity contribution in [3.8, 4) is 5.75 Å². The van der Waals surface area contributed by atoms with Crippen LogP contribution < -0.4 is 21.1 Å². The molecule has 0 aliphatic carbocycles.